The first kappa shape index (κ1) is 23.2. The number of nitrogens with one attached hydrogen (secondary N) is 2. The van der Waals surface area contributed by atoms with Gasteiger partial charge in [0.15, 0.2) is 0 Å². The lowest BCUT2D eigenvalue weighted by Gasteiger charge is -2.16. The average molecular weight is 446 g/mol. The second kappa shape index (κ2) is 10.2. The normalized spacial score (nSPS) is 11.3. The van der Waals surface area contributed by atoms with Crippen LogP contribution in [0.5, 0.6) is 11.5 Å². The van der Waals surface area contributed by atoms with E-state index in [1.807, 2.05) is 20.8 Å². The van der Waals surface area contributed by atoms with Crippen molar-refractivity contribution in [3.63, 3.8) is 0 Å². The molecule has 0 aliphatic rings. The third-order valence-electron chi connectivity index (χ3n) is 4.20. The summed E-state index contributed by atoms with van der Waals surface area (Å²) in [4.78, 5) is 7.90. The molecule has 170 valence electrons. The van der Waals surface area contributed by atoms with Crippen molar-refractivity contribution < 1.29 is 22.6 Å². The van der Waals surface area contributed by atoms with Gasteiger partial charge in [0.25, 0.3) is 0 Å². The summed E-state index contributed by atoms with van der Waals surface area (Å²) in [5.74, 6) is 1.23. The van der Waals surface area contributed by atoms with Gasteiger partial charge >= 0.3 is 6.18 Å². The number of anilines is 4. The summed E-state index contributed by atoms with van der Waals surface area (Å²) in [7, 11) is 0. The number of hydrogen-bond acceptors (Lipinski definition) is 6. The zero-order valence-corrected chi connectivity index (χ0v) is 18.0. The molecule has 9 heteroatoms. The molecule has 0 fully saturated rings. The van der Waals surface area contributed by atoms with Crippen LogP contribution in [-0.2, 0) is 6.18 Å². The topological polar surface area (TPSA) is 68.3 Å². The Hall–Kier alpha value is -3.49. The molecule has 0 bridgehead atoms. The van der Waals surface area contributed by atoms with E-state index in [2.05, 4.69) is 20.6 Å². The van der Waals surface area contributed by atoms with Crippen LogP contribution in [0, 0.1) is 5.92 Å². The van der Waals surface area contributed by atoms with Crippen molar-refractivity contribution in [2.75, 3.05) is 23.8 Å². The van der Waals surface area contributed by atoms with E-state index >= 15 is 0 Å². The fraction of sp³-hybridized carbons (Fsp3) is 0.304. The number of benzene rings is 2. The molecular weight excluding hydrogens is 421 g/mol. The summed E-state index contributed by atoms with van der Waals surface area (Å²) in [6.07, 6.45) is -3.86. The average Bonchev–Trinajstić information content (AvgIpc) is 2.73. The first-order valence-electron chi connectivity index (χ1n) is 10.2. The van der Waals surface area contributed by atoms with Gasteiger partial charge in [0.05, 0.1) is 13.2 Å². The highest BCUT2D eigenvalue weighted by Gasteiger charge is 2.35. The van der Waals surface area contributed by atoms with Crippen LogP contribution in [0.3, 0.4) is 0 Å². The van der Waals surface area contributed by atoms with Gasteiger partial charge in [-0.05, 0) is 49.2 Å². The fourth-order valence-electron chi connectivity index (χ4n) is 2.74. The molecule has 3 aromatic rings. The van der Waals surface area contributed by atoms with E-state index in [1.54, 1.807) is 48.5 Å². The first-order chi connectivity index (χ1) is 15.2. The number of rotatable bonds is 9. The van der Waals surface area contributed by atoms with Crippen molar-refractivity contribution in [1.82, 2.24) is 9.97 Å². The maximum atomic E-state index is 13.5. The fourth-order valence-corrected chi connectivity index (χ4v) is 2.74. The summed E-state index contributed by atoms with van der Waals surface area (Å²) in [6.45, 7) is 6.94. The van der Waals surface area contributed by atoms with E-state index in [4.69, 9.17) is 9.47 Å². The van der Waals surface area contributed by atoms with Gasteiger partial charge in [0.2, 0.25) is 5.95 Å². The predicted molar refractivity (Wildman–Crippen MR) is 118 cm³/mol. The van der Waals surface area contributed by atoms with Gasteiger partial charge in [-0.15, -0.1) is 0 Å². The lowest BCUT2D eigenvalue weighted by atomic mass is 10.2. The minimum Gasteiger partial charge on any atom is -0.494 e. The Bertz CT molecular complexity index is 1020. The molecular formula is C23H25F3N4O2. The summed E-state index contributed by atoms with van der Waals surface area (Å²) in [5.41, 5.74) is 0.0639. The van der Waals surface area contributed by atoms with Gasteiger partial charge < -0.3 is 20.1 Å². The lowest BCUT2D eigenvalue weighted by molar-refractivity contribution is -0.137. The molecule has 32 heavy (non-hydrogen) atoms. The van der Waals surface area contributed by atoms with Crippen LogP contribution in [0.1, 0.15) is 26.3 Å². The Morgan fingerprint density at radius 3 is 2.34 bits per heavy atom. The lowest BCUT2D eigenvalue weighted by Crippen LogP contribution is -2.12. The molecule has 2 N–H and O–H groups in total. The first-order valence-corrected chi connectivity index (χ1v) is 10.2. The highest BCUT2D eigenvalue weighted by molar-refractivity contribution is 5.64. The van der Waals surface area contributed by atoms with Gasteiger partial charge in [-0.2, -0.15) is 18.2 Å². The molecule has 0 unspecified atom stereocenters. The van der Waals surface area contributed by atoms with E-state index in [1.165, 1.54) is 0 Å². The molecule has 0 saturated carbocycles. The van der Waals surface area contributed by atoms with Gasteiger partial charge in [0, 0.05) is 23.6 Å². The molecule has 0 aliphatic carbocycles. The number of nitrogens with zero attached hydrogens (tertiary/aromatic N) is 2. The van der Waals surface area contributed by atoms with Crippen LogP contribution >= 0.6 is 0 Å². The van der Waals surface area contributed by atoms with Gasteiger partial charge in [-0.3, -0.25) is 0 Å². The highest BCUT2D eigenvalue weighted by Crippen LogP contribution is 2.35. The Balaban J connectivity index is 1.84. The van der Waals surface area contributed by atoms with Crippen molar-refractivity contribution in [1.29, 1.82) is 0 Å². The smallest absolute Gasteiger partial charge is 0.421 e. The summed E-state index contributed by atoms with van der Waals surface area (Å²) in [6, 6.07) is 13.7. The molecule has 0 atom stereocenters. The van der Waals surface area contributed by atoms with Crippen LogP contribution in [0.2, 0.25) is 0 Å². The molecule has 0 amide bonds. The Kier molecular flexibility index (Phi) is 7.40. The van der Waals surface area contributed by atoms with Crippen LogP contribution in [0.25, 0.3) is 0 Å². The molecule has 3 rings (SSSR count). The Labute approximate surface area is 184 Å². The number of ether oxygens (including phenoxy) is 2. The van der Waals surface area contributed by atoms with Crippen LogP contribution < -0.4 is 20.1 Å². The molecule has 2 aromatic carbocycles. The van der Waals surface area contributed by atoms with Crippen molar-refractivity contribution >= 4 is 23.1 Å². The zero-order chi connectivity index (χ0) is 23.1. The molecule has 0 aliphatic heterocycles. The van der Waals surface area contributed by atoms with Crippen LogP contribution in [0.15, 0.2) is 54.7 Å². The van der Waals surface area contributed by atoms with E-state index < -0.39 is 11.7 Å². The number of alkyl halides is 3. The van der Waals surface area contributed by atoms with E-state index in [0.717, 1.165) is 6.20 Å². The Morgan fingerprint density at radius 1 is 0.938 bits per heavy atom. The molecule has 1 heterocycles. The molecule has 0 radical (unpaired) electrons. The SMILES string of the molecule is CCOc1ccc(Nc2ncc(C(F)(F)F)c(Nc3cccc(OCC(C)C)c3)n2)cc1. The van der Waals surface area contributed by atoms with Gasteiger partial charge in [-0.1, -0.05) is 19.9 Å². The highest BCUT2D eigenvalue weighted by atomic mass is 19.4. The third kappa shape index (κ3) is 6.50. The van der Waals surface area contributed by atoms with Crippen molar-refractivity contribution in [3.05, 3.63) is 60.3 Å². The summed E-state index contributed by atoms with van der Waals surface area (Å²) in [5, 5.41) is 5.66. The monoisotopic (exact) mass is 446 g/mol. The zero-order valence-electron chi connectivity index (χ0n) is 18.0. The van der Waals surface area contributed by atoms with Crippen LogP contribution in [-0.4, -0.2) is 23.2 Å². The predicted octanol–water partition coefficient (Wildman–Crippen LogP) is 6.42. The largest absolute Gasteiger partial charge is 0.494 e. The minimum atomic E-state index is -4.62. The van der Waals surface area contributed by atoms with E-state index in [0.29, 0.717) is 42.0 Å². The van der Waals surface area contributed by atoms with Crippen molar-refractivity contribution in [3.8, 4) is 11.5 Å². The molecule has 0 saturated heterocycles. The number of hydrogen-bond donors (Lipinski definition) is 2. The van der Waals surface area contributed by atoms with E-state index in [9.17, 15) is 13.2 Å². The summed E-state index contributed by atoms with van der Waals surface area (Å²) < 4.78 is 51.7. The molecule has 1 aromatic heterocycles. The van der Waals surface area contributed by atoms with Crippen molar-refractivity contribution in [2.45, 2.75) is 26.9 Å². The Morgan fingerprint density at radius 2 is 1.69 bits per heavy atom. The van der Waals surface area contributed by atoms with Gasteiger partial charge in [-0.25, -0.2) is 4.98 Å². The third-order valence-corrected chi connectivity index (χ3v) is 4.20. The van der Waals surface area contributed by atoms with Gasteiger partial charge in [0.1, 0.15) is 22.9 Å². The van der Waals surface area contributed by atoms with Crippen molar-refractivity contribution in [2.24, 2.45) is 5.92 Å². The molecule has 0 spiro atoms. The second-order valence-electron chi connectivity index (χ2n) is 7.39. The molecule has 6 nitrogen and oxygen atoms in total. The quantitative estimate of drug-likeness (QED) is 0.396. The number of aromatic nitrogens is 2. The number of halogens is 3. The second-order valence-corrected chi connectivity index (χ2v) is 7.39. The minimum absolute atomic E-state index is 0.0249. The standard InChI is InChI=1S/C23H25F3N4O2/c1-4-31-18-10-8-16(9-11-18)29-22-27-13-20(23(24,25)26)21(30-22)28-17-6-5-7-19(12-17)32-14-15(2)3/h5-13,15H,4,14H2,1-3H3,(H2,27,28,29,30). The maximum absolute atomic E-state index is 13.5. The van der Waals surface area contributed by atoms with E-state index in [-0.39, 0.29) is 11.8 Å². The summed E-state index contributed by atoms with van der Waals surface area (Å²) >= 11 is 0. The van der Waals surface area contributed by atoms with Crippen LogP contribution in [0.4, 0.5) is 36.3 Å². The maximum Gasteiger partial charge on any atom is 0.421 e.